The van der Waals surface area contributed by atoms with Gasteiger partial charge in [0.15, 0.2) is 0 Å². The van der Waals surface area contributed by atoms with E-state index in [1.807, 2.05) is 0 Å². The van der Waals surface area contributed by atoms with Gasteiger partial charge in [-0.25, -0.2) is 19.2 Å². The van der Waals surface area contributed by atoms with Crippen LogP contribution in [0.5, 0.6) is 0 Å². The smallest absolute Gasteiger partial charge is 0.385 e. The summed E-state index contributed by atoms with van der Waals surface area (Å²) >= 11 is 0. The third-order valence-corrected chi connectivity index (χ3v) is 6.38. The molecule has 0 aromatic heterocycles. The molecule has 0 saturated heterocycles. The Morgan fingerprint density at radius 3 is 0.930 bits per heavy atom. The number of hydrogen-bond donors (Lipinski definition) is 0. The van der Waals surface area contributed by atoms with Crippen molar-refractivity contribution in [1.82, 2.24) is 0 Å². The van der Waals surface area contributed by atoms with Crippen molar-refractivity contribution in [3.05, 3.63) is 69.8 Å². The van der Waals surface area contributed by atoms with E-state index in [1.165, 1.54) is 0 Å². The first-order valence-corrected chi connectivity index (χ1v) is 10.8. The molecule has 6 nitrogen and oxygen atoms in total. The molecule has 232 valence electrons. The molecule has 2 aliphatic rings. The average molecular weight is 644 g/mol. The Morgan fingerprint density at radius 1 is 0.372 bits per heavy atom. The van der Waals surface area contributed by atoms with Gasteiger partial charge in [0.1, 0.15) is 0 Å². The van der Waals surface area contributed by atoms with Gasteiger partial charge in [0, 0.05) is 11.1 Å². The molecule has 20 heteroatoms. The molecule has 0 atom stereocenters. The fourth-order valence-electron chi connectivity index (χ4n) is 3.91. The highest BCUT2D eigenvalue weighted by Crippen LogP contribution is 2.65. The third kappa shape index (κ3) is 3.86. The van der Waals surface area contributed by atoms with E-state index in [0.29, 0.717) is 0 Å². The highest BCUT2D eigenvalue weighted by atomic mass is 19.4. The Balaban J connectivity index is 1.77. The molecule has 4 rings (SSSR count). The predicted molar refractivity (Wildman–Crippen MR) is 105 cm³/mol. The molecule has 0 amide bonds. The van der Waals surface area contributed by atoms with Crippen LogP contribution < -0.4 is 0 Å². The molecule has 0 radical (unpaired) electrons. The maximum Gasteiger partial charge on any atom is 0.385 e. The number of alkyl halides is 14. The predicted octanol–water partition coefficient (Wildman–Crippen LogP) is 6.37. The molecule has 2 heterocycles. The van der Waals surface area contributed by atoms with Crippen LogP contribution >= 0.6 is 0 Å². The van der Waals surface area contributed by atoms with Crippen molar-refractivity contribution in [2.24, 2.45) is 0 Å². The van der Waals surface area contributed by atoms with Gasteiger partial charge in [0.2, 0.25) is 0 Å². The van der Waals surface area contributed by atoms with E-state index < -0.39 is 111 Å². The van der Waals surface area contributed by atoms with Crippen molar-refractivity contribution in [3.63, 3.8) is 0 Å². The Morgan fingerprint density at radius 2 is 0.628 bits per heavy atom. The molecule has 0 fully saturated rings. The van der Waals surface area contributed by atoms with Crippen LogP contribution in [0.4, 0.5) is 61.5 Å². The summed E-state index contributed by atoms with van der Waals surface area (Å²) in [5, 5.41) is 0. The summed E-state index contributed by atoms with van der Waals surface area (Å²) in [6.45, 7) is 0. The number of rotatable bonds is 8. The molecule has 0 spiro atoms. The molecule has 0 aliphatic carbocycles. The van der Waals surface area contributed by atoms with E-state index in [0.717, 1.165) is 0 Å². The Kier molecular flexibility index (Phi) is 6.54. The fourth-order valence-corrected chi connectivity index (χ4v) is 3.91. The zero-order valence-electron chi connectivity index (χ0n) is 19.7. The lowest BCUT2D eigenvalue weighted by molar-refractivity contribution is -0.444. The van der Waals surface area contributed by atoms with Gasteiger partial charge in [-0.3, -0.25) is 0 Å². The highest BCUT2D eigenvalue weighted by Gasteiger charge is 2.93. The molecule has 0 N–H and O–H groups in total. The summed E-state index contributed by atoms with van der Waals surface area (Å²) in [7, 11) is 0. The monoisotopic (exact) mass is 644 g/mol. The van der Waals surface area contributed by atoms with E-state index in [2.05, 4.69) is 9.47 Å². The van der Waals surface area contributed by atoms with Crippen LogP contribution in [-0.4, -0.2) is 53.5 Å². The largest absolute Gasteiger partial charge is 0.386 e. The van der Waals surface area contributed by atoms with Crippen LogP contribution in [0, 0.1) is 0 Å². The molecule has 2 aliphatic heterocycles. The number of carbonyl (C=O) groups excluding carboxylic acids is 4. The maximum atomic E-state index is 14.6. The van der Waals surface area contributed by atoms with Crippen LogP contribution in [0.15, 0.2) is 36.4 Å². The summed E-state index contributed by atoms with van der Waals surface area (Å²) in [5.74, 6) is -60.7. The average Bonchev–Trinajstić information content (AvgIpc) is 3.35. The summed E-state index contributed by atoms with van der Waals surface area (Å²) in [5.41, 5.74) is -9.38. The first-order chi connectivity index (χ1) is 19.3. The normalized spacial score (nSPS) is 16.7. The minimum absolute atomic E-state index is 0.0987. The minimum Gasteiger partial charge on any atom is -0.386 e. The van der Waals surface area contributed by atoms with Crippen LogP contribution in [0.2, 0.25) is 0 Å². The second-order valence-electron chi connectivity index (χ2n) is 8.90. The van der Waals surface area contributed by atoms with Gasteiger partial charge in [0.05, 0.1) is 22.3 Å². The zero-order valence-corrected chi connectivity index (χ0v) is 19.7. The highest BCUT2D eigenvalue weighted by molar-refractivity contribution is 6.15. The number of cyclic esters (lactones) is 4. The molecular formula is C23H6F14O6. The number of hydrogen-bond acceptors (Lipinski definition) is 6. The van der Waals surface area contributed by atoms with E-state index in [9.17, 15) is 80.6 Å². The lowest BCUT2D eigenvalue weighted by Gasteiger charge is -2.42. The van der Waals surface area contributed by atoms with E-state index in [1.54, 1.807) is 0 Å². The number of fused-ring (bicyclic) bond motifs is 2. The van der Waals surface area contributed by atoms with E-state index >= 15 is 0 Å². The van der Waals surface area contributed by atoms with Crippen molar-refractivity contribution >= 4 is 23.9 Å². The second kappa shape index (κ2) is 8.88. The fraction of sp³-hybridized carbons (Fsp3) is 0.304. The second-order valence-corrected chi connectivity index (χ2v) is 8.90. The van der Waals surface area contributed by atoms with Gasteiger partial charge in [-0.05, 0) is 24.3 Å². The molecule has 2 aromatic carbocycles. The lowest BCUT2D eigenvalue weighted by atomic mass is 9.85. The number of esters is 4. The van der Waals surface area contributed by atoms with E-state index in [4.69, 9.17) is 0 Å². The van der Waals surface area contributed by atoms with Crippen LogP contribution in [0.25, 0.3) is 0 Å². The van der Waals surface area contributed by atoms with Crippen molar-refractivity contribution < 1.29 is 90.1 Å². The number of carbonyl (C=O) groups is 4. The molecule has 2 aromatic rings. The van der Waals surface area contributed by atoms with Crippen LogP contribution in [0.1, 0.15) is 52.6 Å². The maximum absolute atomic E-state index is 14.6. The van der Waals surface area contributed by atoms with Gasteiger partial charge < -0.3 is 9.47 Å². The first kappa shape index (κ1) is 31.7. The molecule has 0 bridgehead atoms. The Bertz CT molecular complexity index is 1480. The van der Waals surface area contributed by atoms with Gasteiger partial charge in [-0.1, -0.05) is 12.1 Å². The number of halogens is 14. The number of ether oxygens (including phenoxy) is 2. The van der Waals surface area contributed by atoms with Crippen molar-refractivity contribution in [3.8, 4) is 0 Å². The summed E-state index contributed by atoms with van der Waals surface area (Å²) in [6, 6.07) is -1.30. The zero-order chi connectivity index (χ0) is 32.9. The van der Waals surface area contributed by atoms with E-state index in [-0.39, 0.29) is 24.3 Å². The molecule has 43 heavy (non-hydrogen) atoms. The summed E-state index contributed by atoms with van der Waals surface area (Å²) in [6.07, 6.45) is 0. The first-order valence-electron chi connectivity index (χ1n) is 10.8. The van der Waals surface area contributed by atoms with Crippen molar-refractivity contribution in [2.45, 2.75) is 41.5 Å². The molecular weight excluding hydrogens is 638 g/mol. The summed E-state index contributed by atoms with van der Waals surface area (Å²) in [4.78, 5) is 45.6. The van der Waals surface area contributed by atoms with Crippen LogP contribution in [0.3, 0.4) is 0 Å². The van der Waals surface area contributed by atoms with Gasteiger partial charge >= 0.3 is 65.3 Å². The van der Waals surface area contributed by atoms with Gasteiger partial charge in [0.25, 0.3) is 0 Å². The third-order valence-electron chi connectivity index (χ3n) is 6.38. The van der Waals surface area contributed by atoms with Gasteiger partial charge in [-0.15, -0.1) is 0 Å². The standard InChI is InChI=1S/C23H6F14O6/c24-17(25,7-1-3-9-11(5-7)15(40)42-13(9)38)19(28,29)21(32,33)23(36,37)22(34,35)20(30,31)18(26,27)8-2-4-10-12(6-8)16(41)43-14(10)39/h1-6H. The molecule has 0 unspecified atom stereocenters. The van der Waals surface area contributed by atoms with Crippen molar-refractivity contribution in [2.75, 3.05) is 0 Å². The minimum atomic E-state index is -8.41. The quantitative estimate of drug-likeness (QED) is 0.189. The van der Waals surface area contributed by atoms with Gasteiger partial charge in [-0.2, -0.15) is 61.5 Å². The topological polar surface area (TPSA) is 86.7 Å². The summed E-state index contributed by atoms with van der Waals surface area (Å²) < 4.78 is 210. The van der Waals surface area contributed by atoms with Crippen LogP contribution in [-0.2, 0) is 21.3 Å². The molecule has 0 saturated carbocycles. The van der Waals surface area contributed by atoms with Crippen molar-refractivity contribution in [1.29, 1.82) is 0 Å². The number of benzene rings is 2. The Hall–Kier alpha value is -4.26. The Labute approximate surface area is 226 Å². The lowest BCUT2D eigenvalue weighted by Crippen LogP contribution is -2.72. The SMILES string of the molecule is O=C1OC(=O)c2cc(C(F)(F)C(F)(F)C(F)(F)C(F)(F)C(F)(F)C(F)(F)C(F)(F)c3ccc4c(c3)C(=O)OC4=O)ccc21.